The topological polar surface area (TPSA) is 104 Å². The molecule has 1 unspecified atom stereocenters. The van der Waals surface area contributed by atoms with E-state index in [9.17, 15) is 18.0 Å². The summed E-state index contributed by atoms with van der Waals surface area (Å²) in [7, 11) is -3.81. The van der Waals surface area contributed by atoms with Crippen molar-refractivity contribution >= 4 is 21.9 Å². The number of benzene rings is 1. The number of nitrogens with one attached hydrogen (secondary N) is 1. The van der Waals surface area contributed by atoms with Crippen LogP contribution in [0, 0.1) is 0 Å². The van der Waals surface area contributed by atoms with Gasteiger partial charge in [0.2, 0.25) is 15.9 Å². The van der Waals surface area contributed by atoms with Crippen molar-refractivity contribution in [3.8, 4) is 0 Å². The van der Waals surface area contributed by atoms with Crippen molar-refractivity contribution in [3.63, 3.8) is 0 Å². The van der Waals surface area contributed by atoms with Crippen molar-refractivity contribution in [2.45, 2.75) is 17.9 Å². The van der Waals surface area contributed by atoms with Crippen LogP contribution in [0.1, 0.15) is 17.3 Å². The molecule has 0 spiro atoms. The third-order valence-electron chi connectivity index (χ3n) is 3.15. The smallest absolute Gasteiger partial charge is 0.335 e. The van der Waals surface area contributed by atoms with Crippen LogP contribution in [0.2, 0.25) is 0 Å². The minimum absolute atomic E-state index is 0.00776. The van der Waals surface area contributed by atoms with Crippen LogP contribution in [-0.2, 0) is 14.8 Å². The van der Waals surface area contributed by atoms with Crippen LogP contribution in [0.3, 0.4) is 0 Å². The van der Waals surface area contributed by atoms with Crippen molar-refractivity contribution in [1.82, 2.24) is 9.62 Å². The molecule has 7 nitrogen and oxygen atoms in total. The molecule has 0 radical (unpaired) electrons. The molecule has 2 N–H and O–H groups in total. The number of hydrogen-bond acceptors (Lipinski definition) is 4. The average molecular weight is 298 g/mol. The number of hydrogen-bond donors (Lipinski definition) is 2. The van der Waals surface area contributed by atoms with Crippen LogP contribution in [0.15, 0.2) is 29.2 Å². The van der Waals surface area contributed by atoms with Crippen LogP contribution in [0.5, 0.6) is 0 Å². The summed E-state index contributed by atoms with van der Waals surface area (Å²) in [5.41, 5.74) is 0.00776. The highest BCUT2D eigenvalue weighted by Gasteiger charge is 2.35. The minimum Gasteiger partial charge on any atom is -0.478 e. The summed E-state index contributed by atoms with van der Waals surface area (Å²) < 4.78 is 26.0. The van der Waals surface area contributed by atoms with Gasteiger partial charge in [0.1, 0.15) is 6.04 Å². The molecule has 0 aromatic heterocycles. The first-order valence-corrected chi connectivity index (χ1v) is 7.41. The molecule has 1 aliphatic rings. The maximum atomic E-state index is 12.4. The Morgan fingerprint density at radius 3 is 2.50 bits per heavy atom. The second-order valence-electron chi connectivity index (χ2n) is 4.41. The predicted octanol–water partition coefficient (Wildman–Crippen LogP) is -0.106. The molecule has 1 amide bonds. The Morgan fingerprint density at radius 2 is 1.95 bits per heavy atom. The van der Waals surface area contributed by atoms with E-state index >= 15 is 0 Å². The fraction of sp³-hybridized carbons (Fsp3) is 0.333. The first-order chi connectivity index (χ1) is 9.34. The zero-order valence-electron chi connectivity index (χ0n) is 10.7. The Morgan fingerprint density at radius 1 is 1.35 bits per heavy atom. The fourth-order valence-corrected chi connectivity index (χ4v) is 3.59. The number of carbonyl (C=O) groups excluding carboxylic acids is 1. The van der Waals surface area contributed by atoms with Crippen LogP contribution in [0.25, 0.3) is 0 Å². The average Bonchev–Trinajstić information content (AvgIpc) is 2.41. The van der Waals surface area contributed by atoms with Gasteiger partial charge in [0.15, 0.2) is 0 Å². The molecular formula is C12H14N2O5S. The fourth-order valence-electron chi connectivity index (χ4n) is 1.99. The van der Waals surface area contributed by atoms with Crippen molar-refractivity contribution < 1.29 is 23.1 Å². The Bertz CT molecular complexity index is 638. The number of carboxylic acids is 1. The highest BCUT2D eigenvalue weighted by molar-refractivity contribution is 7.89. The summed E-state index contributed by atoms with van der Waals surface area (Å²) in [6.07, 6.45) is 0. The van der Waals surface area contributed by atoms with Crippen LogP contribution in [-0.4, -0.2) is 48.8 Å². The predicted molar refractivity (Wildman–Crippen MR) is 69.8 cm³/mol. The van der Waals surface area contributed by atoms with Gasteiger partial charge in [-0.15, -0.1) is 0 Å². The van der Waals surface area contributed by atoms with Crippen molar-refractivity contribution in [2.75, 3.05) is 13.1 Å². The van der Waals surface area contributed by atoms with E-state index in [0.29, 0.717) is 0 Å². The Hall–Kier alpha value is -1.93. The zero-order chi connectivity index (χ0) is 14.9. The molecule has 1 atom stereocenters. The van der Waals surface area contributed by atoms with Crippen LogP contribution >= 0.6 is 0 Å². The summed E-state index contributed by atoms with van der Waals surface area (Å²) in [4.78, 5) is 22.3. The summed E-state index contributed by atoms with van der Waals surface area (Å²) in [5, 5.41) is 11.4. The molecule has 0 bridgehead atoms. The van der Waals surface area contributed by atoms with E-state index in [1.807, 2.05) is 0 Å². The Labute approximate surface area is 116 Å². The lowest BCUT2D eigenvalue weighted by molar-refractivity contribution is -0.126. The zero-order valence-corrected chi connectivity index (χ0v) is 11.6. The third kappa shape index (κ3) is 2.52. The third-order valence-corrected chi connectivity index (χ3v) is 5.13. The standard InChI is InChI=1S/C12H14N2O5S/c1-8-11(15)13-6-7-14(8)20(18,19)10-4-2-9(3-5-10)12(16)17/h2-5,8H,6-7H2,1H3,(H,13,15)(H,16,17). The molecule has 108 valence electrons. The number of carbonyl (C=O) groups is 2. The lowest BCUT2D eigenvalue weighted by Crippen LogP contribution is -2.55. The van der Waals surface area contributed by atoms with Gasteiger partial charge in [0.25, 0.3) is 0 Å². The number of piperazine rings is 1. The summed E-state index contributed by atoms with van der Waals surface area (Å²) in [5.74, 6) is -1.47. The second kappa shape index (κ2) is 5.22. The first kappa shape index (κ1) is 14.5. The van der Waals surface area contributed by atoms with Gasteiger partial charge in [-0.2, -0.15) is 4.31 Å². The minimum atomic E-state index is -3.81. The van der Waals surface area contributed by atoms with Gasteiger partial charge in [-0.3, -0.25) is 4.79 Å². The molecule has 0 aliphatic carbocycles. The number of carboxylic acid groups (broad SMARTS) is 1. The van der Waals surface area contributed by atoms with E-state index in [2.05, 4.69) is 5.32 Å². The van der Waals surface area contributed by atoms with E-state index < -0.39 is 22.0 Å². The van der Waals surface area contributed by atoms with Crippen molar-refractivity contribution in [3.05, 3.63) is 29.8 Å². The molecule has 1 aromatic rings. The van der Waals surface area contributed by atoms with E-state index in [1.54, 1.807) is 0 Å². The summed E-state index contributed by atoms with van der Waals surface area (Å²) in [6, 6.07) is 4.14. The normalized spacial score (nSPS) is 20.4. The van der Waals surface area contributed by atoms with Gasteiger partial charge >= 0.3 is 5.97 Å². The monoisotopic (exact) mass is 298 g/mol. The highest BCUT2D eigenvalue weighted by atomic mass is 32.2. The first-order valence-electron chi connectivity index (χ1n) is 5.97. The molecule has 1 aromatic carbocycles. The number of amides is 1. The maximum absolute atomic E-state index is 12.4. The molecule has 1 heterocycles. The lowest BCUT2D eigenvalue weighted by Gasteiger charge is -2.31. The molecular weight excluding hydrogens is 284 g/mol. The molecule has 8 heteroatoms. The van der Waals surface area contributed by atoms with Gasteiger partial charge in [-0.1, -0.05) is 0 Å². The maximum Gasteiger partial charge on any atom is 0.335 e. The summed E-state index contributed by atoms with van der Waals surface area (Å²) >= 11 is 0. The summed E-state index contributed by atoms with van der Waals surface area (Å²) in [6.45, 7) is 1.96. The lowest BCUT2D eigenvalue weighted by atomic mass is 10.2. The quantitative estimate of drug-likeness (QED) is 0.810. The van der Waals surface area contributed by atoms with E-state index in [-0.39, 0.29) is 29.5 Å². The number of nitrogens with zero attached hydrogens (tertiary/aromatic N) is 1. The van der Waals surface area contributed by atoms with E-state index in [4.69, 9.17) is 5.11 Å². The van der Waals surface area contributed by atoms with Gasteiger partial charge in [0, 0.05) is 13.1 Å². The van der Waals surface area contributed by atoms with Crippen molar-refractivity contribution in [1.29, 1.82) is 0 Å². The second-order valence-corrected chi connectivity index (χ2v) is 6.30. The highest BCUT2D eigenvalue weighted by Crippen LogP contribution is 2.20. The Kier molecular flexibility index (Phi) is 3.78. The molecule has 1 fully saturated rings. The SMILES string of the molecule is CC1C(=O)NCCN1S(=O)(=O)c1ccc(C(=O)O)cc1. The Balaban J connectivity index is 2.34. The number of rotatable bonds is 3. The van der Waals surface area contributed by atoms with E-state index in [0.717, 1.165) is 4.31 Å². The van der Waals surface area contributed by atoms with Gasteiger partial charge in [-0.05, 0) is 31.2 Å². The number of sulfonamides is 1. The van der Waals surface area contributed by atoms with Gasteiger partial charge < -0.3 is 10.4 Å². The number of aromatic carboxylic acids is 1. The van der Waals surface area contributed by atoms with Crippen LogP contribution in [0.4, 0.5) is 0 Å². The molecule has 1 aliphatic heterocycles. The van der Waals surface area contributed by atoms with E-state index in [1.165, 1.54) is 31.2 Å². The molecule has 2 rings (SSSR count). The molecule has 0 saturated carbocycles. The molecule has 1 saturated heterocycles. The van der Waals surface area contributed by atoms with Crippen LogP contribution < -0.4 is 5.32 Å². The van der Waals surface area contributed by atoms with Gasteiger partial charge in [0.05, 0.1) is 10.5 Å². The van der Waals surface area contributed by atoms with Crippen molar-refractivity contribution in [2.24, 2.45) is 0 Å². The largest absolute Gasteiger partial charge is 0.478 e. The molecule has 20 heavy (non-hydrogen) atoms. The van der Waals surface area contributed by atoms with Gasteiger partial charge in [-0.25, -0.2) is 13.2 Å².